The van der Waals surface area contributed by atoms with Crippen molar-refractivity contribution in [2.24, 2.45) is 15.2 Å². The van der Waals surface area contributed by atoms with E-state index in [9.17, 15) is 0 Å². The summed E-state index contributed by atoms with van der Waals surface area (Å²) in [5, 5.41) is 8.60. The molecule has 1 aromatic rings. The first-order chi connectivity index (χ1) is 8.06. The molecule has 0 aliphatic rings. The molecule has 1 rings (SSSR count). The predicted molar refractivity (Wildman–Crippen MR) is 73.3 cm³/mol. The van der Waals surface area contributed by atoms with Crippen LogP contribution < -0.4 is 0 Å². The van der Waals surface area contributed by atoms with Crippen LogP contribution in [0.1, 0.15) is 19.4 Å². The van der Waals surface area contributed by atoms with Crippen LogP contribution in [0.5, 0.6) is 0 Å². The van der Waals surface area contributed by atoms with E-state index in [1.807, 2.05) is 45.0 Å². The number of nitrogens with zero attached hydrogens (tertiary/aromatic N) is 3. The minimum absolute atomic E-state index is 0.125. The second-order valence-corrected chi connectivity index (χ2v) is 4.12. The van der Waals surface area contributed by atoms with Crippen LogP contribution >= 0.6 is 0 Å². The van der Waals surface area contributed by atoms with Crippen molar-refractivity contribution >= 4 is 11.4 Å². The van der Waals surface area contributed by atoms with Crippen molar-refractivity contribution in [1.29, 1.82) is 0 Å². The van der Waals surface area contributed by atoms with Gasteiger partial charge in [-0.05, 0) is 38.0 Å². The van der Waals surface area contributed by atoms with Crippen LogP contribution in [0.3, 0.4) is 0 Å². The Morgan fingerprint density at radius 1 is 1.24 bits per heavy atom. The van der Waals surface area contributed by atoms with Gasteiger partial charge in [-0.25, -0.2) is 0 Å². The maximum atomic E-state index is 4.32. The number of hydrogen-bond donors (Lipinski definition) is 0. The largest absolute Gasteiger partial charge is 0.295 e. The molecule has 3 heteroatoms. The molecule has 0 radical (unpaired) electrons. The van der Waals surface area contributed by atoms with Crippen molar-refractivity contribution in [2.45, 2.75) is 26.8 Å². The van der Waals surface area contributed by atoms with Gasteiger partial charge in [0.1, 0.15) is 6.04 Å². The summed E-state index contributed by atoms with van der Waals surface area (Å²) < 4.78 is 0. The Balaban J connectivity index is 2.96. The summed E-state index contributed by atoms with van der Waals surface area (Å²) in [5.41, 5.74) is 3.88. The molecule has 0 bridgehead atoms. The van der Waals surface area contributed by atoms with Crippen molar-refractivity contribution in [3.8, 4) is 0 Å². The van der Waals surface area contributed by atoms with Crippen LogP contribution in [-0.2, 0) is 0 Å². The smallest absolute Gasteiger partial charge is 0.129 e. The molecule has 0 aromatic heterocycles. The summed E-state index contributed by atoms with van der Waals surface area (Å²) in [4.78, 5) is 4.15. The average Bonchev–Trinajstić information content (AvgIpc) is 2.30. The van der Waals surface area contributed by atoms with E-state index in [2.05, 4.69) is 21.8 Å². The Hall–Kier alpha value is -1.77. The Bertz CT molecular complexity index is 458. The normalized spacial score (nSPS) is 14.0. The van der Waals surface area contributed by atoms with Crippen molar-refractivity contribution in [2.75, 3.05) is 7.05 Å². The third-order valence-electron chi connectivity index (χ3n) is 2.61. The van der Waals surface area contributed by atoms with E-state index >= 15 is 0 Å². The first-order valence-corrected chi connectivity index (χ1v) is 5.61. The lowest BCUT2D eigenvalue weighted by molar-refractivity contribution is 0.906. The van der Waals surface area contributed by atoms with E-state index in [1.165, 1.54) is 0 Å². The molecule has 0 N–H and O–H groups in total. The first kappa shape index (κ1) is 13.3. The second kappa shape index (κ2) is 6.09. The minimum atomic E-state index is -0.125. The van der Waals surface area contributed by atoms with Gasteiger partial charge in [-0.3, -0.25) is 4.99 Å². The molecule has 0 saturated carbocycles. The zero-order valence-corrected chi connectivity index (χ0v) is 10.9. The van der Waals surface area contributed by atoms with Gasteiger partial charge < -0.3 is 0 Å². The highest BCUT2D eigenvalue weighted by molar-refractivity contribution is 5.89. The van der Waals surface area contributed by atoms with Crippen molar-refractivity contribution in [3.63, 3.8) is 0 Å². The zero-order chi connectivity index (χ0) is 12.8. The van der Waals surface area contributed by atoms with Gasteiger partial charge in [0, 0.05) is 12.8 Å². The molecule has 0 heterocycles. The van der Waals surface area contributed by atoms with Gasteiger partial charge >= 0.3 is 0 Å². The molecular weight excluding hydrogens is 210 g/mol. The molecule has 1 atom stereocenters. The highest BCUT2D eigenvalue weighted by Crippen LogP contribution is 2.19. The predicted octanol–water partition coefficient (Wildman–Crippen LogP) is 4.11. The van der Waals surface area contributed by atoms with E-state index < -0.39 is 0 Å². The fraction of sp³-hybridized carbons (Fsp3) is 0.357. The molecular formula is C14H19N3. The maximum absolute atomic E-state index is 4.32. The highest BCUT2D eigenvalue weighted by Gasteiger charge is 2.11. The molecule has 3 nitrogen and oxygen atoms in total. The lowest BCUT2D eigenvalue weighted by Gasteiger charge is -2.10. The van der Waals surface area contributed by atoms with Crippen LogP contribution in [0.2, 0.25) is 0 Å². The van der Waals surface area contributed by atoms with Crippen molar-refractivity contribution in [1.82, 2.24) is 0 Å². The Morgan fingerprint density at radius 2 is 1.88 bits per heavy atom. The number of rotatable bonds is 4. The molecule has 1 unspecified atom stereocenters. The molecule has 0 aliphatic heterocycles. The van der Waals surface area contributed by atoms with Crippen LogP contribution in [0.25, 0.3) is 0 Å². The van der Waals surface area contributed by atoms with E-state index in [0.717, 1.165) is 22.5 Å². The van der Waals surface area contributed by atoms with Gasteiger partial charge in [0.05, 0.1) is 5.69 Å². The second-order valence-electron chi connectivity index (χ2n) is 4.12. The summed E-state index contributed by atoms with van der Waals surface area (Å²) in [6.07, 6.45) is 0. The Morgan fingerprint density at radius 3 is 2.41 bits per heavy atom. The van der Waals surface area contributed by atoms with Gasteiger partial charge in [0.2, 0.25) is 0 Å². The zero-order valence-electron chi connectivity index (χ0n) is 10.9. The first-order valence-electron chi connectivity index (χ1n) is 5.61. The summed E-state index contributed by atoms with van der Waals surface area (Å²) in [6.45, 7) is 9.82. The van der Waals surface area contributed by atoms with Crippen LogP contribution in [0, 0.1) is 6.92 Å². The van der Waals surface area contributed by atoms with Gasteiger partial charge in [-0.2, -0.15) is 10.2 Å². The third kappa shape index (κ3) is 3.63. The lowest BCUT2D eigenvalue weighted by atomic mass is 10.1. The highest BCUT2D eigenvalue weighted by atomic mass is 15.1. The number of hydrogen-bond acceptors (Lipinski definition) is 3. The van der Waals surface area contributed by atoms with Gasteiger partial charge in [-0.15, -0.1) is 0 Å². The molecule has 0 amide bonds. The molecule has 0 fully saturated rings. The molecule has 17 heavy (non-hydrogen) atoms. The molecule has 0 spiro atoms. The van der Waals surface area contributed by atoms with Gasteiger partial charge in [-0.1, -0.05) is 24.8 Å². The number of azo groups is 1. The number of benzene rings is 1. The summed E-state index contributed by atoms with van der Waals surface area (Å²) in [5.74, 6) is 0. The minimum Gasteiger partial charge on any atom is -0.295 e. The summed E-state index contributed by atoms with van der Waals surface area (Å²) >= 11 is 0. The molecule has 0 saturated heterocycles. The van der Waals surface area contributed by atoms with Gasteiger partial charge in [0.25, 0.3) is 0 Å². The lowest BCUT2D eigenvalue weighted by Crippen LogP contribution is -2.15. The SMILES string of the molecule is C=C(C)C(N=Nc1ccccc1C)C(C)=NC. The van der Waals surface area contributed by atoms with Gasteiger partial charge in [0.15, 0.2) is 0 Å². The molecule has 90 valence electrons. The maximum Gasteiger partial charge on any atom is 0.129 e. The number of aryl methyl sites for hydroxylation is 1. The van der Waals surface area contributed by atoms with E-state index in [1.54, 1.807) is 7.05 Å². The fourth-order valence-electron chi connectivity index (χ4n) is 1.46. The van der Waals surface area contributed by atoms with Crippen LogP contribution in [0.4, 0.5) is 5.69 Å². The van der Waals surface area contributed by atoms with Crippen LogP contribution in [0.15, 0.2) is 51.6 Å². The standard InChI is InChI=1S/C14H19N3/c1-10(2)14(12(4)15-5)17-16-13-9-7-6-8-11(13)3/h6-9,14H,1H2,2-5H3. The summed E-state index contributed by atoms with van der Waals surface area (Å²) in [6, 6.07) is 7.79. The van der Waals surface area contributed by atoms with Crippen molar-refractivity contribution in [3.05, 3.63) is 42.0 Å². The fourth-order valence-corrected chi connectivity index (χ4v) is 1.46. The van der Waals surface area contributed by atoms with E-state index in [-0.39, 0.29) is 6.04 Å². The Kier molecular flexibility index (Phi) is 4.76. The van der Waals surface area contributed by atoms with E-state index in [0.29, 0.717) is 0 Å². The van der Waals surface area contributed by atoms with Crippen LogP contribution in [-0.4, -0.2) is 18.8 Å². The topological polar surface area (TPSA) is 37.1 Å². The monoisotopic (exact) mass is 229 g/mol. The molecule has 0 aliphatic carbocycles. The summed E-state index contributed by atoms with van der Waals surface area (Å²) in [7, 11) is 1.76. The Labute approximate surface area is 103 Å². The quantitative estimate of drug-likeness (QED) is 0.423. The molecule has 1 aromatic carbocycles. The number of aliphatic imine (C=N–C) groups is 1. The van der Waals surface area contributed by atoms with E-state index in [4.69, 9.17) is 0 Å². The van der Waals surface area contributed by atoms with Crippen molar-refractivity contribution < 1.29 is 0 Å². The average molecular weight is 229 g/mol. The third-order valence-corrected chi connectivity index (χ3v) is 2.61.